The Labute approximate surface area is 146 Å². The van der Waals surface area contributed by atoms with Crippen molar-refractivity contribution in [2.45, 2.75) is 37.6 Å². The van der Waals surface area contributed by atoms with Gasteiger partial charge in [0.2, 0.25) is 5.95 Å². The van der Waals surface area contributed by atoms with Crippen molar-refractivity contribution >= 4 is 16.9 Å². The molecule has 3 aromatic rings. The van der Waals surface area contributed by atoms with Gasteiger partial charge in [0, 0.05) is 30.1 Å². The highest BCUT2D eigenvalue weighted by atomic mass is 15.1. The van der Waals surface area contributed by atoms with Crippen LogP contribution in [0.15, 0.2) is 30.6 Å². The minimum absolute atomic E-state index is 0.155. The molecule has 0 bridgehead atoms. The third kappa shape index (κ3) is 2.48. The topological polar surface area (TPSA) is 83.7 Å². The summed E-state index contributed by atoms with van der Waals surface area (Å²) >= 11 is 0. The van der Waals surface area contributed by atoms with Gasteiger partial charge in [-0.1, -0.05) is 12.1 Å². The van der Waals surface area contributed by atoms with Gasteiger partial charge < -0.3 is 5.73 Å². The van der Waals surface area contributed by atoms with E-state index in [0.717, 1.165) is 43.4 Å². The molecule has 1 aromatic carbocycles. The summed E-state index contributed by atoms with van der Waals surface area (Å²) in [5, 5.41) is 8.34. The molecular weight excluding hydrogens is 312 g/mol. The summed E-state index contributed by atoms with van der Waals surface area (Å²) in [6, 6.07) is 6.57. The molecule has 0 saturated carbocycles. The summed E-state index contributed by atoms with van der Waals surface area (Å²) in [4.78, 5) is 11.4. The van der Waals surface area contributed by atoms with Crippen LogP contribution in [0.2, 0.25) is 0 Å². The third-order valence-corrected chi connectivity index (χ3v) is 5.83. The number of aromatic nitrogens is 4. The molecule has 1 saturated heterocycles. The first-order chi connectivity index (χ1) is 12.2. The molecule has 1 fully saturated rings. The summed E-state index contributed by atoms with van der Waals surface area (Å²) < 4.78 is 0. The number of nitrogens with one attached hydrogen (secondary N) is 1. The maximum atomic E-state index is 5.88. The van der Waals surface area contributed by atoms with Gasteiger partial charge in [0.15, 0.2) is 0 Å². The van der Waals surface area contributed by atoms with Gasteiger partial charge in [-0.15, -0.1) is 0 Å². The van der Waals surface area contributed by atoms with Gasteiger partial charge >= 0.3 is 0 Å². The molecule has 3 N–H and O–H groups in total. The first-order valence-electron chi connectivity index (χ1n) is 8.98. The number of likely N-dealkylation sites (tertiary alicyclic amines) is 1. The van der Waals surface area contributed by atoms with Crippen molar-refractivity contribution in [2.24, 2.45) is 0 Å². The molecule has 128 valence electrons. The molecular formula is C19H22N6. The van der Waals surface area contributed by atoms with Crippen LogP contribution < -0.4 is 5.73 Å². The highest BCUT2D eigenvalue weighted by molar-refractivity contribution is 5.78. The fraction of sp³-hybridized carbons (Fsp3) is 0.421. The number of aryl methyl sites for hydroxylation is 1. The second-order valence-corrected chi connectivity index (χ2v) is 7.49. The van der Waals surface area contributed by atoms with Crippen molar-refractivity contribution in [3.8, 4) is 0 Å². The molecule has 2 aromatic heterocycles. The van der Waals surface area contributed by atoms with Crippen LogP contribution in [0.5, 0.6) is 0 Å². The minimum atomic E-state index is 0.155. The van der Waals surface area contributed by atoms with Gasteiger partial charge in [0.25, 0.3) is 0 Å². The van der Waals surface area contributed by atoms with Crippen molar-refractivity contribution in [3.05, 3.63) is 47.4 Å². The van der Waals surface area contributed by atoms with Gasteiger partial charge in [-0.05, 0) is 49.4 Å². The zero-order valence-electron chi connectivity index (χ0n) is 14.2. The molecule has 3 heterocycles. The molecule has 6 heteroatoms. The largest absolute Gasteiger partial charge is 0.368 e. The Bertz CT molecular complexity index is 929. The van der Waals surface area contributed by atoms with Crippen molar-refractivity contribution in [1.82, 2.24) is 25.1 Å². The Kier molecular flexibility index (Phi) is 3.28. The zero-order chi connectivity index (χ0) is 16.9. The molecule has 0 radical (unpaired) electrons. The smallest absolute Gasteiger partial charge is 0.220 e. The number of aromatic amines is 1. The number of anilines is 1. The Morgan fingerprint density at radius 3 is 3.16 bits per heavy atom. The molecule has 25 heavy (non-hydrogen) atoms. The maximum Gasteiger partial charge on any atom is 0.220 e. The van der Waals surface area contributed by atoms with Crippen LogP contribution in [0, 0.1) is 0 Å². The average molecular weight is 334 g/mol. The first kappa shape index (κ1) is 14.8. The van der Waals surface area contributed by atoms with Crippen molar-refractivity contribution in [1.29, 1.82) is 0 Å². The van der Waals surface area contributed by atoms with Gasteiger partial charge in [0.05, 0.1) is 17.4 Å². The molecule has 1 unspecified atom stereocenters. The van der Waals surface area contributed by atoms with Gasteiger partial charge in [0.1, 0.15) is 0 Å². The zero-order valence-corrected chi connectivity index (χ0v) is 14.2. The van der Waals surface area contributed by atoms with E-state index in [2.05, 4.69) is 43.3 Å². The van der Waals surface area contributed by atoms with Crippen LogP contribution in [-0.4, -0.2) is 38.2 Å². The van der Waals surface area contributed by atoms with E-state index in [1.165, 1.54) is 29.7 Å². The van der Waals surface area contributed by atoms with Crippen molar-refractivity contribution in [3.63, 3.8) is 0 Å². The van der Waals surface area contributed by atoms with E-state index in [0.29, 0.717) is 5.95 Å². The number of rotatable bonds is 2. The summed E-state index contributed by atoms with van der Waals surface area (Å²) in [6.07, 6.45) is 8.44. The highest BCUT2D eigenvalue weighted by Gasteiger charge is 2.43. The number of piperidine rings is 1. The summed E-state index contributed by atoms with van der Waals surface area (Å²) in [6.45, 7) is 3.16. The van der Waals surface area contributed by atoms with E-state index in [4.69, 9.17) is 5.73 Å². The van der Waals surface area contributed by atoms with E-state index < -0.39 is 0 Å². The van der Waals surface area contributed by atoms with Gasteiger partial charge in [-0.3, -0.25) is 10.00 Å². The number of hydrogen-bond donors (Lipinski definition) is 2. The fourth-order valence-electron chi connectivity index (χ4n) is 4.66. The van der Waals surface area contributed by atoms with Gasteiger partial charge in [-0.25, -0.2) is 9.97 Å². The van der Waals surface area contributed by atoms with Crippen LogP contribution in [0.25, 0.3) is 10.9 Å². The standard InChI is InChI=1S/C19H22N6/c20-18-21-9-15-4-6-19(17(15)23-18)5-1-7-25(12-19)11-13-2-3-14-10-22-24-16(14)8-13/h2-3,8-10H,1,4-7,11-12H2,(H,22,24)(H2,20,21,23). The maximum absolute atomic E-state index is 5.88. The summed E-state index contributed by atoms with van der Waals surface area (Å²) in [5.74, 6) is 0.404. The van der Waals surface area contributed by atoms with Crippen molar-refractivity contribution in [2.75, 3.05) is 18.8 Å². The Balaban J connectivity index is 1.41. The minimum Gasteiger partial charge on any atom is -0.368 e. The number of H-pyrrole nitrogens is 1. The second kappa shape index (κ2) is 5.52. The average Bonchev–Trinajstić information content (AvgIpc) is 3.20. The van der Waals surface area contributed by atoms with Gasteiger partial charge in [-0.2, -0.15) is 5.10 Å². The quantitative estimate of drug-likeness (QED) is 0.752. The van der Waals surface area contributed by atoms with E-state index in [-0.39, 0.29) is 5.41 Å². The third-order valence-electron chi connectivity index (χ3n) is 5.83. The molecule has 0 amide bonds. The lowest BCUT2D eigenvalue weighted by atomic mass is 9.77. The van der Waals surface area contributed by atoms with E-state index in [1.54, 1.807) is 0 Å². The lowest BCUT2D eigenvalue weighted by Crippen LogP contribution is -2.45. The lowest BCUT2D eigenvalue weighted by Gasteiger charge is -2.40. The van der Waals surface area contributed by atoms with E-state index in [1.807, 2.05) is 12.4 Å². The lowest BCUT2D eigenvalue weighted by molar-refractivity contribution is 0.137. The number of benzene rings is 1. The van der Waals surface area contributed by atoms with E-state index in [9.17, 15) is 0 Å². The number of hydrogen-bond acceptors (Lipinski definition) is 5. The highest BCUT2D eigenvalue weighted by Crippen LogP contribution is 2.44. The predicted octanol–water partition coefficient (Wildman–Crippen LogP) is 2.42. The summed E-state index contributed by atoms with van der Waals surface area (Å²) in [5.41, 5.74) is 11.0. The first-order valence-corrected chi connectivity index (χ1v) is 8.98. The molecule has 1 aliphatic heterocycles. The van der Waals surface area contributed by atoms with E-state index >= 15 is 0 Å². The monoisotopic (exact) mass is 334 g/mol. The fourth-order valence-corrected chi connectivity index (χ4v) is 4.66. The number of fused-ring (bicyclic) bond motifs is 3. The Morgan fingerprint density at radius 2 is 2.20 bits per heavy atom. The second-order valence-electron chi connectivity index (χ2n) is 7.49. The molecule has 1 spiro atoms. The van der Waals surface area contributed by atoms with Crippen LogP contribution in [0.4, 0.5) is 5.95 Å². The van der Waals surface area contributed by atoms with Crippen LogP contribution in [-0.2, 0) is 18.4 Å². The van der Waals surface area contributed by atoms with Crippen LogP contribution in [0.1, 0.15) is 36.1 Å². The summed E-state index contributed by atoms with van der Waals surface area (Å²) in [7, 11) is 0. The van der Waals surface area contributed by atoms with Crippen molar-refractivity contribution < 1.29 is 0 Å². The number of nitrogen functional groups attached to an aromatic ring is 1. The number of nitrogens with two attached hydrogens (primary N) is 1. The molecule has 1 atom stereocenters. The van der Waals surface area contributed by atoms with Crippen LogP contribution >= 0.6 is 0 Å². The Morgan fingerprint density at radius 1 is 1.24 bits per heavy atom. The predicted molar refractivity (Wildman–Crippen MR) is 97.0 cm³/mol. The molecule has 2 aliphatic rings. The van der Waals surface area contributed by atoms with Crippen LogP contribution in [0.3, 0.4) is 0 Å². The molecule has 5 rings (SSSR count). The normalized spacial score (nSPS) is 23.4. The molecule has 6 nitrogen and oxygen atoms in total. The Hall–Kier alpha value is -2.47. The molecule has 1 aliphatic carbocycles. The SMILES string of the molecule is Nc1ncc2c(n1)C1(CCCN(Cc3ccc4cn[nH]c4c3)C1)CC2. The number of nitrogens with zero attached hydrogens (tertiary/aromatic N) is 4.